The number of ether oxygens (including phenoxy) is 1. The van der Waals surface area contributed by atoms with Crippen molar-refractivity contribution in [2.24, 2.45) is 7.05 Å². The van der Waals surface area contributed by atoms with E-state index in [1.54, 1.807) is 29.2 Å². The smallest absolute Gasteiger partial charge is 0.173 e. The van der Waals surface area contributed by atoms with Crippen molar-refractivity contribution in [1.29, 1.82) is 0 Å². The van der Waals surface area contributed by atoms with E-state index in [0.717, 1.165) is 11.3 Å². The first-order valence-corrected chi connectivity index (χ1v) is 7.87. The molecule has 0 spiro atoms. The van der Waals surface area contributed by atoms with E-state index in [4.69, 9.17) is 4.74 Å². The van der Waals surface area contributed by atoms with Crippen LogP contribution in [0.2, 0.25) is 0 Å². The Morgan fingerprint density at radius 1 is 1.23 bits per heavy atom. The molecule has 0 unspecified atom stereocenters. The number of aromatic nitrogens is 3. The molecule has 7 nitrogen and oxygen atoms in total. The minimum atomic E-state index is -1.20. The summed E-state index contributed by atoms with van der Waals surface area (Å²) in [6.07, 6.45) is 1.86. The van der Waals surface area contributed by atoms with E-state index in [2.05, 4.69) is 10.1 Å². The van der Waals surface area contributed by atoms with E-state index in [0.29, 0.717) is 11.5 Å². The van der Waals surface area contributed by atoms with Gasteiger partial charge in [0.1, 0.15) is 18.0 Å². The Bertz CT molecular complexity index is 633. The monoisotopic (exact) mass is 323 g/mol. The zero-order valence-electron chi connectivity index (χ0n) is 11.9. The molecule has 0 radical (unpaired) electrons. The zero-order valence-corrected chi connectivity index (χ0v) is 12.7. The summed E-state index contributed by atoms with van der Waals surface area (Å²) < 4.78 is 7.34. The second-order valence-corrected chi connectivity index (χ2v) is 6.28. The summed E-state index contributed by atoms with van der Waals surface area (Å²) in [7, 11) is 1.84. The van der Waals surface area contributed by atoms with Gasteiger partial charge in [0.05, 0.1) is 24.2 Å². The normalized spacial score (nSPS) is 28.5. The van der Waals surface area contributed by atoms with E-state index >= 15 is 0 Å². The quantitative estimate of drug-likeness (QED) is 0.732. The van der Waals surface area contributed by atoms with Crippen LogP contribution < -0.4 is 4.74 Å². The average Bonchev–Trinajstić information content (AvgIpc) is 2.95. The minimum Gasteiger partial charge on any atom is -0.475 e. The molecule has 8 heteroatoms. The van der Waals surface area contributed by atoms with Crippen LogP contribution in [0.5, 0.6) is 5.75 Å². The third-order valence-corrected chi connectivity index (χ3v) is 4.68. The molecule has 3 heterocycles. The van der Waals surface area contributed by atoms with Gasteiger partial charge in [0.25, 0.3) is 0 Å². The fourth-order valence-electron chi connectivity index (χ4n) is 2.19. The van der Waals surface area contributed by atoms with Crippen LogP contribution in [0.15, 0.2) is 30.7 Å². The van der Waals surface area contributed by atoms with Gasteiger partial charge < -0.3 is 20.1 Å². The highest BCUT2D eigenvalue weighted by atomic mass is 32.2. The highest BCUT2D eigenvalue weighted by molar-refractivity contribution is 7.99. The number of rotatable bonds is 3. The van der Waals surface area contributed by atoms with Crippen LogP contribution in [-0.2, 0) is 7.05 Å². The molecule has 2 aromatic rings. The van der Waals surface area contributed by atoms with Crippen LogP contribution in [0, 0.1) is 0 Å². The standard InChI is InChI=1S/C14H17N3O4S/c1-17-6-8(4-16-17)10-3-2-9(5-15-10)21-14-13(20)12(19)11(18)7-22-14/h2-6,11-14,18-20H,7H2,1H3/t11-,12+,13-,14-/m1/s1. The molecule has 22 heavy (non-hydrogen) atoms. The summed E-state index contributed by atoms with van der Waals surface area (Å²) in [5.41, 5.74) is 1.04. The Kier molecular flexibility index (Phi) is 4.34. The zero-order chi connectivity index (χ0) is 15.7. The lowest BCUT2D eigenvalue weighted by molar-refractivity contribution is -0.0786. The molecule has 0 saturated carbocycles. The minimum absolute atomic E-state index is 0.310. The molecule has 0 amide bonds. The largest absolute Gasteiger partial charge is 0.475 e. The summed E-state index contributed by atoms with van der Waals surface area (Å²) >= 11 is 1.26. The predicted octanol–water partition coefficient (Wildman–Crippen LogP) is 0.0165. The Labute approximate surface area is 131 Å². The number of hydrogen-bond acceptors (Lipinski definition) is 7. The average molecular weight is 323 g/mol. The molecule has 1 saturated heterocycles. The molecular formula is C14H17N3O4S. The lowest BCUT2D eigenvalue weighted by Crippen LogP contribution is -2.50. The van der Waals surface area contributed by atoms with Gasteiger partial charge in [-0.3, -0.25) is 9.67 Å². The van der Waals surface area contributed by atoms with Crippen LogP contribution in [0.4, 0.5) is 0 Å². The number of thioether (sulfide) groups is 1. The molecular weight excluding hydrogens is 306 g/mol. The van der Waals surface area contributed by atoms with Crippen molar-refractivity contribution in [3.8, 4) is 17.0 Å². The Hall–Kier alpha value is -1.61. The van der Waals surface area contributed by atoms with E-state index in [9.17, 15) is 15.3 Å². The highest BCUT2D eigenvalue weighted by Gasteiger charge is 2.38. The van der Waals surface area contributed by atoms with E-state index in [-0.39, 0.29) is 0 Å². The van der Waals surface area contributed by atoms with Crippen molar-refractivity contribution < 1.29 is 20.1 Å². The summed E-state index contributed by atoms with van der Waals surface area (Å²) in [6, 6.07) is 3.55. The molecule has 1 fully saturated rings. The number of nitrogens with zero attached hydrogens (tertiary/aromatic N) is 3. The second-order valence-electron chi connectivity index (χ2n) is 5.15. The maximum absolute atomic E-state index is 9.92. The first kappa shape index (κ1) is 15.3. The maximum Gasteiger partial charge on any atom is 0.173 e. The second kappa shape index (κ2) is 6.25. The van der Waals surface area contributed by atoms with Crippen LogP contribution in [-0.4, -0.2) is 59.6 Å². The molecule has 1 aliphatic rings. The van der Waals surface area contributed by atoms with Gasteiger partial charge in [-0.2, -0.15) is 5.10 Å². The van der Waals surface area contributed by atoms with Gasteiger partial charge in [-0.15, -0.1) is 11.8 Å². The van der Waals surface area contributed by atoms with E-state index in [1.807, 2.05) is 13.2 Å². The Morgan fingerprint density at radius 2 is 2.05 bits per heavy atom. The van der Waals surface area contributed by atoms with Crippen LogP contribution in [0.3, 0.4) is 0 Å². The summed E-state index contributed by atoms with van der Waals surface area (Å²) in [5, 5.41) is 33.2. The van der Waals surface area contributed by atoms with Crippen molar-refractivity contribution in [3.63, 3.8) is 0 Å². The Morgan fingerprint density at radius 3 is 2.68 bits per heavy atom. The highest BCUT2D eigenvalue weighted by Crippen LogP contribution is 2.29. The summed E-state index contributed by atoms with van der Waals surface area (Å²) in [5.74, 6) is 0.803. The molecule has 1 aliphatic heterocycles. The van der Waals surface area contributed by atoms with E-state index in [1.165, 1.54) is 11.8 Å². The lowest BCUT2D eigenvalue weighted by Gasteiger charge is -2.34. The van der Waals surface area contributed by atoms with Crippen molar-refractivity contribution in [2.45, 2.75) is 23.7 Å². The Balaban J connectivity index is 1.69. The molecule has 3 rings (SSSR count). The molecule has 118 valence electrons. The number of aryl methyl sites for hydroxylation is 1. The number of hydrogen-bond donors (Lipinski definition) is 3. The third-order valence-electron chi connectivity index (χ3n) is 3.44. The molecule has 4 atom stereocenters. The van der Waals surface area contributed by atoms with Gasteiger partial charge in [-0.25, -0.2) is 0 Å². The first-order chi connectivity index (χ1) is 10.5. The molecule has 2 aromatic heterocycles. The van der Waals surface area contributed by atoms with Crippen LogP contribution >= 0.6 is 11.8 Å². The van der Waals surface area contributed by atoms with Crippen molar-refractivity contribution in [3.05, 3.63) is 30.7 Å². The third kappa shape index (κ3) is 3.09. The summed E-state index contributed by atoms with van der Waals surface area (Å²) in [6.45, 7) is 0. The topological polar surface area (TPSA) is 101 Å². The fraction of sp³-hybridized carbons (Fsp3) is 0.429. The molecule has 0 bridgehead atoms. The predicted molar refractivity (Wildman–Crippen MR) is 81.3 cm³/mol. The number of aliphatic hydroxyl groups excluding tert-OH is 3. The molecule has 3 N–H and O–H groups in total. The number of pyridine rings is 1. The van der Waals surface area contributed by atoms with Crippen molar-refractivity contribution >= 4 is 11.8 Å². The molecule has 0 aliphatic carbocycles. The lowest BCUT2D eigenvalue weighted by atomic mass is 10.1. The SMILES string of the molecule is Cn1cc(-c2ccc(O[C@@H]3SC[C@@H](O)[C@H](O)[C@H]3O)cn2)cn1. The van der Waals surface area contributed by atoms with Gasteiger partial charge in [0, 0.05) is 24.6 Å². The van der Waals surface area contributed by atoms with Crippen molar-refractivity contribution in [2.75, 3.05) is 5.75 Å². The fourth-order valence-corrected chi connectivity index (χ4v) is 3.31. The maximum atomic E-state index is 9.92. The van der Waals surface area contributed by atoms with Gasteiger partial charge in [0.2, 0.25) is 0 Å². The van der Waals surface area contributed by atoms with Crippen LogP contribution in [0.1, 0.15) is 0 Å². The van der Waals surface area contributed by atoms with Gasteiger partial charge in [0.15, 0.2) is 5.44 Å². The number of aliphatic hydroxyl groups is 3. The van der Waals surface area contributed by atoms with Gasteiger partial charge >= 0.3 is 0 Å². The van der Waals surface area contributed by atoms with Gasteiger partial charge in [-0.05, 0) is 12.1 Å². The van der Waals surface area contributed by atoms with Crippen LogP contribution in [0.25, 0.3) is 11.3 Å². The molecule has 0 aromatic carbocycles. The van der Waals surface area contributed by atoms with E-state index < -0.39 is 23.7 Å². The summed E-state index contributed by atoms with van der Waals surface area (Å²) in [4.78, 5) is 4.31. The van der Waals surface area contributed by atoms with Crippen molar-refractivity contribution in [1.82, 2.24) is 14.8 Å². The van der Waals surface area contributed by atoms with Gasteiger partial charge in [-0.1, -0.05) is 0 Å². The first-order valence-electron chi connectivity index (χ1n) is 6.82.